The summed E-state index contributed by atoms with van der Waals surface area (Å²) in [4.78, 5) is 36.1. The van der Waals surface area contributed by atoms with E-state index in [1.165, 1.54) is 36.7 Å². The van der Waals surface area contributed by atoms with E-state index in [0.29, 0.717) is 10.9 Å². The summed E-state index contributed by atoms with van der Waals surface area (Å²) in [5.74, 6) is -0.554. The minimum Gasteiger partial charge on any atom is -0.435 e. The highest BCUT2D eigenvalue weighted by Crippen LogP contribution is 2.25. The maximum absolute atomic E-state index is 12.1. The van der Waals surface area contributed by atoms with Crippen molar-refractivity contribution in [2.24, 2.45) is 4.99 Å². The lowest BCUT2D eigenvalue weighted by molar-refractivity contribution is -0.122. The third-order valence-electron chi connectivity index (χ3n) is 3.26. The number of nitrogens with one attached hydrogen (secondary N) is 2. The molecule has 0 aliphatic carbocycles. The molecule has 2 amide bonds. The van der Waals surface area contributed by atoms with Crippen molar-refractivity contribution in [2.75, 3.05) is 5.32 Å². The topological polar surface area (TPSA) is 106 Å². The molecule has 11 heteroatoms. The molecule has 8 nitrogen and oxygen atoms in total. The Morgan fingerprint density at radius 2 is 2.00 bits per heavy atom. The molecule has 2 aromatic rings. The predicted molar refractivity (Wildman–Crippen MR) is 95.0 cm³/mol. The molecule has 2 N–H and O–H groups in total. The van der Waals surface area contributed by atoms with E-state index in [0.717, 1.165) is 11.8 Å². The zero-order chi connectivity index (χ0) is 19.2. The normalized spacial score (nSPS) is 17.8. The number of amides is 2. The minimum absolute atomic E-state index is 0.0160. The van der Waals surface area contributed by atoms with E-state index in [4.69, 9.17) is 0 Å². The lowest BCUT2D eigenvalue weighted by atomic mass is 10.2. The van der Waals surface area contributed by atoms with Gasteiger partial charge in [0.15, 0.2) is 5.17 Å². The van der Waals surface area contributed by atoms with Crippen molar-refractivity contribution in [1.29, 1.82) is 0 Å². The number of aliphatic imine (C=N–C) groups is 1. The molecule has 1 atom stereocenters. The quantitative estimate of drug-likeness (QED) is 0.780. The van der Waals surface area contributed by atoms with Gasteiger partial charge in [-0.1, -0.05) is 11.8 Å². The molecule has 1 aromatic heterocycles. The predicted octanol–water partition coefficient (Wildman–Crippen LogP) is 2.33. The molecule has 1 aliphatic heterocycles. The summed E-state index contributed by atoms with van der Waals surface area (Å²) < 4.78 is 28.5. The van der Waals surface area contributed by atoms with Gasteiger partial charge in [0, 0.05) is 24.5 Å². The fraction of sp³-hybridized carbons (Fsp3) is 0.188. The molecular weight excluding hydrogens is 380 g/mol. The number of nitrogens with zero attached hydrogens (tertiary/aromatic N) is 3. The van der Waals surface area contributed by atoms with Gasteiger partial charge in [-0.25, -0.2) is 9.97 Å². The number of carbonyl (C=O) groups excluding carboxylic acids is 2. The van der Waals surface area contributed by atoms with E-state index >= 15 is 0 Å². The largest absolute Gasteiger partial charge is 0.435 e. The first-order valence-corrected chi connectivity index (χ1v) is 8.55. The molecule has 1 unspecified atom stereocenters. The molecule has 0 spiro atoms. The number of carbonyl (C=O) groups is 2. The van der Waals surface area contributed by atoms with Gasteiger partial charge in [-0.15, -0.1) is 0 Å². The maximum atomic E-state index is 12.1. The monoisotopic (exact) mass is 393 g/mol. The third-order valence-corrected chi connectivity index (χ3v) is 4.35. The van der Waals surface area contributed by atoms with Crippen molar-refractivity contribution >= 4 is 40.4 Å². The molecule has 2 heterocycles. The average Bonchev–Trinajstić information content (AvgIpc) is 2.96. The lowest BCUT2D eigenvalue weighted by Crippen LogP contribution is -2.28. The van der Waals surface area contributed by atoms with Crippen molar-refractivity contribution in [3.05, 3.63) is 42.7 Å². The Labute approximate surface area is 156 Å². The summed E-state index contributed by atoms with van der Waals surface area (Å²) in [6, 6.07) is 7.12. The van der Waals surface area contributed by atoms with Crippen LogP contribution >= 0.6 is 11.8 Å². The number of rotatable bonds is 6. The first kappa shape index (κ1) is 18.7. The van der Waals surface area contributed by atoms with Crippen molar-refractivity contribution in [3.8, 4) is 5.75 Å². The number of alkyl halides is 2. The van der Waals surface area contributed by atoms with Crippen LogP contribution in [-0.2, 0) is 9.59 Å². The molecule has 27 heavy (non-hydrogen) atoms. The zero-order valence-corrected chi connectivity index (χ0v) is 14.5. The van der Waals surface area contributed by atoms with Gasteiger partial charge in [0.2, 0.25) is 11.8 Å². The van der Waals surface area contributed by atoms with Gasteiger partial charge in [0.1, 0.15) is 11.0 Å². The van der Waals surface area contributed by atoms with Crippen LogP contribution in [0.2, 0.25) is 0 Å². The van der Waals surface area contributed by atoms with Crippen LogP contribution in [-0.4, -0.2) is 38.8 Å². The number of hydrogen-bond acceptors (Lipinski definition) is 7. The molecule has 1 aliphatic rings. The van der Waals surface area contributed by atoms with Gasteiger partial charge in [-0.2, -0.15) is 13.8 Å². The van der Waals surface area contributed by atoms with Crippen LogP contribution < -0.4 is 15.4 Å². The Bertz CT molecular complexity index is 849. The van der Waals surface area contributed by atoms with Crippen LogP contribution in [0.1, 0.15) is 6.42 Å². The zero-order valence-electron chi connectivity index (χ0n) is 13.6. The van der Waals surface area contributed by atoms with E-state index in [9.17, 15) is 18.4 Å². The van der Waals surface area contributed by atoms with E-state index in [2.05, 4.69) is 30.3 Å². The summed E-state index contributed by atoms with van der Waals surface area (Å²) in [7, 11) is 0. The smallest absolute Gasteiger partial charge is 0.387 e. The molecule has 3 rings (SSSR count). The summed E-state index contributed by atoms with van der Waals surface area (Å²) >= 11 is 1.11. The van der Waals surface area contributed by atoms with Crippen LogP contribution in [0, 0.1) is 0 Å². The fourth-order valence-electron chi connectivity index (χ4n) is 2.13. The van der Waals surface area contributed by atoms with E-state index in [1.54, 1.807) is 6.07 Å². The number of ether oxygens (including phenoxy) is 1. The van der Waals surface area contributed by atoms with E-state index < -0.39 is 17.8 Å². The van der Waals surface area contributed by atoms with Crippen molar-refractivity contribution in [2.45, 2.75) is 18.3 Å². The molecule has 1 aromatic carbocycles. The maximum Gasteiger partial charge on any atom is 0.387 e. The average molecular weight is 393 g/mol. The minimum atomic E-state index is -2.92. The van der Waals surface area contributed by atoms with Crippen molar-refractivity contribution in [1.82, 2.24) is 15.3 Å². The van der Waals surface area contributed by atoms with Gasteiger partial charge in [-0.05, 0) is 30.3 Å². The summed E-state index contributed by atoms with van der Waals surface area (Å²) in [6.07, 6.45) is 2.97. The number of amidine groups is 1. The SMILES string of the molecule is O=C(CC1S/C(=N\c2ncccn2)NC1=O)Nc1ccc(OC(F)F)cc1. The molecule has 140 valence electrons. The first-order valence-electron chi connectivity index (χ1n) is 7.67. The molecule has 0 radical (unpaired) electrons. The Kier molecular flexibility index (Phi) is 5.91. The number of hydrogen-bond donors (Lipinski definition) is 2. The fourth-order valence-corrected chi connectivity index (χ4v) is 3.10. The number of thioether (sulfide) groups is 1. The van der Waals surface area contributed by atoms with E-state index in [-0.39, 0.29) is 24.0 Å². The van der Waals surface area contributed by atoms with Crippen molar-refractivity contribution < 1.29 is 23.1 Å². The Hall–Kier alpha value is -3.08. The van der Waals surface area contributed by atoms with Crippen LogP contribution in [0.15, 0.2) is 47.7 Å². The van der Waals surface area contributed by atoms with Gasteiger partial charge in [-0.3, -0.25) is 9.59 Å². The second-order valence-electron chi connectivity index (χ2n) is 5.22. The lowest BCUT2D eigenvalue weighted by Gasteiger charge is -2.09. The second kappa shape index (κ2) is 8.54. The summed E-state index contributed by atoms with van der Waals surface area (Å²) in [6.45, 7) is -2.92. The van der Waals surface area contributed by atoms with Crippen LogP contribution in [0.3, 0.4) is 0 Å². The molecule has 1 saturated heterocycles. The Balaban J connectivity index is 1.55. The Morgan fingerprint density at radius 3 is 2.67 bits per heavy atom. The van der Waals surface area contributed by atoms with Gasteiger partial charge < -0.3 is 15.4 Å². The highest BCUT2D eigenvalue weighted by molar-refractivity contribution is 8.15. The van der Waals surface area contributed by atoms with Crippen molar-refractivity contribution in [3.63, 3.8) is 0 Å². The number of anilines is 1. The highest BCUT2D eigenvalue weighted by atomic mass is 32.2. The highest BCUT2D eigenvalue weighted by Gasteiger charge is 2.32. The second-order valence-corrected chi connectivity index (χ2v) is 6.41. The molecule has 1 fully saturated rings. The third kappa shape index (κ3) is 5.45. The molecular formula is C16H13F2N5O3S. The van der Waals surface area contributed by atoms with Gasteiger partial charge >= 0.3 is 6.61 Å². The standard InChI is InChI=1S/C16H13F2N5O3S/c17-14(18)26-10-4-2-9(3-5-10)21-12(24)8-11-13(25)22-16(27-11)23-15-19-6-1-7-20-15/h1-7,11,14H,8H2,(H,21,24)(H,19,20,22,23,25). The Morgan fingerprint density at radius 1 is 1.30 bits per heavy atom. The van der Waals surface area contributed by atoms with Gasteiger partial charge in [0.05, 0.1) is 0 Å². The van der Waals surface area contributed by atoms with E-state index in [1.807, 2.05) is 0 Å². The number of benzene rings is 1. The molecule has 0 saturated carbocycles. The summed E-state index contributed by atoms with van der Waals surface area (Å²) in [5, 5.41) is 4.84. The molecule has 0 bridgehead atoms. The van der Waals surface area contributed by atoms with Crippen LogP contribution in [0.25, 0.3) is 0 Å². The van der Waals surface area contributed by atoms with Crippen LogP contribution in [0.4, 0.5) is 20.4 Å². The summed E-state index contributed by atoms with van der Waals surface area (Å²) in [5.41, 5.74) is 0.400. The first-order chi connectivity index (χ1) is 13.0. The number of aromatic nitrogens is 2. The number of halogens is 2. The van der Waals surface area contributed by atoms with Gasteiger partial charge in [0.25, 0.3) is 5.95 Å². The van der Waals surface area contributed by atoms with Crippen LogP contribution in [0.5, 0.6) is 5.75 Å².